The maximum absolute atomic E-state index is 9.80. The average molecular weight is 266 g/mol. The molecule has 0 fully saturated rings. The van der Waals surface area contributed by atoms with Crippen molar-refractivity contribution < 1.29 is 5.11 Å². The molecule has 1 aromatic heterocycles. The Kier molecular flexibility index (Phi) is 3.18. The molecule has 0 spiro atoms. The summed E-state index contributed by atoms with van der Waals surface area (Å²) in [6.07, 6.45) is 0. The van der Waals surface area contributed by atoms with E-state index >= 15 is 0 Å². The fourth-order valence-electron chi connectivity index (χ4n) is 2.01. The summed E-state index contributed by atoms with van der Waals surface area (Å²) in [4.78, 5) is 4.37. The first-order valence-corrected chi connectivity index (χ1v) is 6.27. The maximum atomic E-state index is 9.80. The minimum absolute atomic E-state index is 0.145. The molecule has 1 unspecified atom stereocenters. The normalized spacial score (nSPS) is 12.2. The van der Waals surface area contributed by atoms with Crippen LogP contribution in [0.25, 0.3) is 11.4 Å². The molecule has 0 aliphatic carbocycles. The summed E-state index contributed by atoms with van der Waals surface area (Å²) in [7, 11) is 0. The Bertz CT molecular complexity index is 709. The molecule has 1 heterocycles. The number of hydrogen-bond acceptors (Lipinski definition) is 4. The third-order valence-corrected chi connectivity index (χ3v) is 3.10. The van der Waals surface area contributed by atoms with E-state index in [2.05, 4.69) is 15.2 Å². The molecule has 5 nitrogen and oxygen atoms in total. The van der Waals surface area contributed by atoms with Gasteiger partial charge in [0.25, 0.3) is 0 Å². The van der Waals surface area contributed by atoms with Gasteiger partial charge in [0.05, 0.1) is 11.6 Å². The number of aromatic nitrogens is 3. The predicted molar refractivity (Wildman–Crippen MR) is 76.0 cm³/mol. The molecule has 0 saturated carbocycles. The number of nitrogens with one attached hydrogen (secondary N) is 1. The summed E-state index contributed by atoms with van der Waals surface area (Å²) < 4.78 is 0. The van der Waals surface area contributed by atoms with Gasteiger partial charge in [-0.3, -0.25) is 5.10 Å². The fraction of sp³-hybridized carbons (Fsp3) is 0.0667. The molecular weight excluding hydrogens is 252 g/mol. The van der Waals surface area contributed by atoms with E-state index in [4.69, 9.17) is 5.73 Å². The molecule has 0 radical (unpaired) electrons. The quantitative estimate of drug-likeness (QED) is 0.678. The van der Waals surface area contributed by atoms with Crippen LogP contribution in [0.4, 0.5) is 0 Å². The number of nitrogens with zero attached hydrogens (tertiary/aromatic N) is 2. The standard InChI is InChI=1S/C15H14N4O/c16-13(10-6-2-1-3-7-10)15-17-14(18-19-15)11-8-4-5-9-12(11)20/h1-9,13,20H,16H2,(H,17,18,19). The van der Waals surface area contributed by atoms with Crippen LogP contribution in [-0.2, 0) is 0 Å². The Morgan fingerprint density at radius 1 is 1.00 bits per heavy atom. The van der Waals surface area contributed by atoms with Gasteiger partial charge >= 0.3 is 0 Å². The molecule has 3 rings (SSSR count). The number of para-hydroxylation sites is 1. The number of H-pyrrole nitrogens is 1. The Balaban J connectivity index is 1.93. The van der Waals surface area contributed by atoms with E-state index < -0.39 is 0 Å². The zero-order valence-corrected chi connectivity index (χ0v) is 10.7. The van der Waals surface area contributed by atoms with Crippen LogP contribution in [-0.4, -0.2) is 20.3 Å². The lowest BCUT2D eigenvalue weighted by atomic mass is 10.1. The van der Waals surface area contributed by atoms with Crippen LogP contribution in [0.2, 0.25) is 0 Å². The van der Waals surface area contributed by atoms with Crippen molar-refractivity contribution in [3.63, 3.8) is 0 Å². The highest BCUT2D eigenvalue weighted by atomic mass is 16.3. The number of hydrogen-bond donors (Lipinski definition) is 3. The highest BCUT2D eigenvalue weighted by molar-refractivity contribution is 5.63. The second-order valence-electron chi connectivity index (χ2n) is 4.45. The minimum atomic E-state index is -0.372. The Morgan fingerprint density at radius 2 is 1.70 bits per heavy atom. The SMILES string of the molecule is NC(c1ccccc1)c1nc(-c2ccccc2O)n[nH]1. The highest BCUT2D eigenvalue weighted by Crippen LogP contribution is 2.26. The minimum Gasteiger partial charge on any atom is -0.507 e. The second kappa shape index (κ2) is 5.14. The zero-order chi connectivity index (χ0) is 13.9. The molecule has 100 valence electrons. The lowest BCUT2D eigenvalue weighted by Gasteiger charge is -2.07. The molecule has 5 heteroatoms. The Hall–Kier alpha value is -2.66. The van der Waals surface area contributed by atoms with Gasteiger partial charge in [-0.1, -0.05) is 42.5 Å². The van der Waals surface area contributed by atoms with Gasteiger partial charge in [0, 0.05) is 0 Å². The lowest BCUT2D eigenvalue weighted by Crippen LogP contribution is -2.13. The van der Waals surface area contributed by atoms with Crippen LogP contribution in [0.3, 0.4) is 0 Å². The summed E-state index contributed by atoms with van der Waals surface area (Å²) in [5, 5.41) is 16.8. The molecule has 2 aromatic carbocycles. The monoisotopic (exact) mass is 266 g/mol. The van der Waals surface area contributed by atoms with Crippen molar-refractivity contribution in [1.29, 1.82) is 0 Å². The van der Waals surface area contributed by atoms with Crippen LogP contribution in [0.5, 0.6) is 5.75 Å². The van der Waals surface area contributed by atoms with Gasteiger partial charge in [0.2, 0.25) is 0 Å². The van der Waals surface area contributed by atoms with Crippen LogP contribution in [0, 0.1) is 0 Å². The zero-order valence-electron chi connectivity index (χ0n) is 10.7. The number of aromatic hydroxyl groups is 1. The van der Waals surface area contributed by atoms with Gasteiger partial charge in [-0.2, -0.15) is 5.10 Å². The Morgan fingerprint density at radius 3 is 2.45 bits per heavy atom. The van der Waals surface area contributed by atoms with E-state index in [9.17, 15) is 5.11 Å². The molecular formula is C15H14N4O. The van der Waals surface area contributed by atoms with Crippen molar-refractivity contribution in [2.45, 2.75) is 6.04 Å². The summed E-state index contributed by atoms with van der Waals surface area (Å²) in [5.74, 6) is 1.14. The number of rotatable bonds is 3. The highest BCUT2D eigenvalue weighted by Gasteiger charge is 2.15. The molecule has 4 N–H and O–H groups in total. The van der Waals surface area contributed by atoms with E-state index in [0.29, 0.717) is 17.2 Å². The van der Waals surface area contributed by atoms with Crippen LogP contribution >= 0.6 is 0 Å². The lowest BCUT2D eigenvalue weighted by molar-refractivity contribution is 0.477. The van der Waals surface area contributed by atoms with Crippen molar-refractivity contribution in [1.82, 2.24) is 15.2 Å². The van der Waals surface area contributed by atoms with E-state index in [-0.39, 0.29) is 11.8 Å². The first-order valence-electron chi connectivity index (χ1n) is 6.27. The van der Waals surface area contributed by atoms with Crippen molar-refractivity contribution in [3.05, 3.63) is 66.0 Å². The van der Waals surface area contributed by atoms with Crippen LogP contribution < -0.4 is 5.73 Å². The van der Waals surface area contributed by atoms with Crippen molar-refractivity contribution >= 4 is 0 Å². The molecule has 20 heavy (non-hydrogen) atoms. The summed E-state index contributed by atoms with van der Waals surface area (Å²) in [5.41, 5.74) is 7.68. The molecule has 0 bridgehead atoms. The number of benzene rings is 2. The van der Waals surface area contributed by atoms with Gasteiger partial charge < -0.3 is 10.8 Å². The van der Waals surface area contributed by atoms with Gasteiger partial charge in [-0.25, -0.2) is 4.98 Å². The van der Waals surface area contributed by atoms with Gasteiger partial charge in [0.15, 0.2) is 5.82 Å². The number of phenols is 1. The largest absolute Gasteiger partial charge is 0.507 e. The first-order chi connectivity index (χ1) is 9.75. The van der Waals surface area contributed by atoms with Crippen molar-refractivity contribution in [2.75, 3.05) is 0 Å². The molecule has 0 aliphatic heterocycles. The summed E-state index contributed by atoms with van der Waals surface area (Å²) in [6, 6.07) is 16.2. The van der Waals surface area contributed by atoms with Crippen LogP contribution in [0.1, 0.15) is 17.4 Å². The Labute approximate surface area is 116 Å². The third kappa shape index (κ3) is 2.26. The summed E-state index contributed by atoms with van der Waals surface area (Å²) in [6.45, 7) is 0. The van der Waals surface area contributed by atoms with Gasteiger partial charge in [-0.15, -0.1) is 0 Å². The maximum Gasteiger partial charge on any atom is 0.184 e. The van der Waals surface area contributed by atoms with Gasteiger partial charge in [0.1, 0.15) is 11.6 Å². The van der Waals surface area contributed by atoms with Crippen LogP contribution in [0.15, 0.2) is 54.6 Å². The van der Waals surface area contributed by atoms with E-state index in [1.807, 2.05) is 36.4 Å². The molecule has 1 atom stereocenters. The average Bonchev–Trinajstić information content (AvgIpc) is 2.97. The van der Waals surface area contributed by atoms with E-state index in [0.717, 1.165) is 5.56 Å². The van der Waals surface area contributed by atoms with E-state index in [1.165, 1.54) is 0 Å². The summed E-state index contributed by atoms with van der Waals surface area (Å²) >= 11 is 0. The van der Waals surface area contributed by atoms with Gasteiger partial charge in [-0.05, 0) is 17.7 Å². The molecule has 3 aromatic rings. The fourth-order valence-corrected chi connectivity index (χ4v) is 2.01. The molecule has 0 saturated heterocycles. The second-order valence-corrected chi connectivity index (χ2v) is 4.45. The smallest absolute Gasteiger partial charge is 0.184 e. The van der Waals surface area contributed by atoms with Crippen molar-refractivity contribution in [2.24, 2.45) is 5.73 Å². The molecule has 0 aliphatic rings. The topological polar surface area (TPSA) is 87.8 Å². The van der Waals surface area contributed by atoms with Crippen molar-refractivity contribution in [3.8, 4) is 17.1 Å². The number of aromatic amines is 1. The molecule has 0 amide bonds. The third-order valence-electron chi connectivity index (χ3n) is 3.10. The number of nitrogens with two attached hydrogens (primary N) is 1. The van der Waals surface area contributed by atoms with E-state index in [1.54, 1.807) is 18.2 Å². The first kappa shape index (κ1) is 12.4. The predicted octanol–water partition coefficient (Wildman–Crippen LogP) is 2.23. The number of phenolic OH excluding ortho intramolecular Hbond substituents is 1.